The van der Waals surface area contributed by atoms with Crippen LogP contribution in [0.4, 0.5) is 4.79 Å². The second-order valence-electron chi connectivity index (χ2n) is 8.14. The van der Waals surface area contributed by atoms with Gasteiger partial charge < -0.3 is 25.0 Å². The maximum Gasteiger partial charge on any atom is 0.407 e. The number of ether oxygens (including phenoxy) is 2. The van der Waals surface area contributed by atoms with Crippen LogP contribution in [0.1, 0.15) is 42.1 Å². The van der Waals surface area contributed by atoms with Crippen LogP contribution in [-0.2, 0) is 4.74 Å². The van der Waals surface area contributed by atoms with E-state index in [0.717, 1.165) is 28.7 Å². The highest BCUT2D eigenvalue weighted by molar-refractivity contribution is 5.79. The van der Waals surface area contributed by atoms with Crippen molar-refractivity contribution in [1.82, 2.24) is 5.32 Å². The molecule has 0 aliphatic heterocycles. The van der Waals surface area contributed by atoms with Gasteiger partial charge in [0.15, 0.2) is 0 Å². The SMILES string of the molecule is CCCOc1ccc(C(O)C(O)CNC(=O)OCC2c3ccccc3-c3ccccc32)cc1. The molecule has 0 saturated heterocycles. The van der Waals surface area contributed by atoms with E-state index in [1.54, 1.807) is 24.3 Å². The fourth-order valence-corrected chi connectivity index (χ4v) is 4.15. The summed E-state index contributed by atoms with van der Waals surface area (Å²) in [6.07, 6.45) is -2.04. The molecule has 0 bridgehead atoms. The maximum atomic E-state index is 12.3. The lowest BCUT2D eigenvalue weighted by Crippen LogP contribution is -2.36. The number of amides is 1. The molecule has 0 spiro atoms. The molecule has 4 rings (SSSR count). The third kappa shape index (κ3) is 5.18. The van der Waals surface area contributed by atoms with Crippen molar-refractivity contribution in [2.45, 2.75) is 31.5 Å². The molecule has 6 heteroatoms. The van der Waals surface area contributed by atoms with Gasteiger partial charge in [-0.3, -0.25) is 0 Å². The number of alkyl carbamates (subject to hydrolysis) is 1. The normalized spacial score (nSPS) is 14.2. The molecule has 172 valence electrons. The number of carbonyl (C=O) groups excluding carboxylic acids is 1. The number of carbonyl (C=O) groups is 1. The van der Waals surface area contributed by atoms with Crippen molar-refractivity contribution in [3.63, 3.8) is 0 Å². The number of nitrogens with one attached hydrogen (secondary N) is 1. The highest BCUT2D eigenvalue weighted by atomic mass is 16.5. The first-order chi connectivity index (χ1) is 16.1. The molecule has 0 fully saturated rings. The van der Waals surface area contributed by atoms with Crippen molar-refractivity contribution >= 4 is 6.09 Å². The van der Waals surface area contributed by atoms with Gasteiger partial charge in [0.05, 0.1) is 6.61 Å². The van der Waals surface area contributed by atoms with Gasteiger partial charge in [-0.2, -0.15) is 0 Å². The Labute approximate surface area is 193 Å². The van der Waals surface area contributed by atoms with Gasteiger partial charge in [-0.25, -0.2) is 4.79 Å². The van der Waals surface area contributed by atoms with Gasteiger partial charge in [0.2, 0.25) is 0 Å². The molecule has 2 unspecified atom stereocenters. The Morgan fingerprint density at radius 1 is 0.939 bits per heavy atom. The minimum absolute atomic E-state index is 0.0351. The summed E-state index contributed by atoms with van der Waals surface area (Å²) < 4.78 is 11.0. The fraction of sp³-hybridized carbons (Fsp3) is 0.296. The summed E-state index contributed by atoms with van der Waals surface area (Å²) in [6.45, 7) is 2.70. The fourth-order valence-electron chi connectivity index (χ4n) is 4.15. The zero-order valence-corrected chi connectivity index (χ0v) is 18.6. The van der Waals surface area contributed by atoms with E-state index < -0.39 is 18.3 Å². The van der Waals surface area contributed by atoms with Crippen LogP contribution in [0.2, 0.25) is 0 Å². The van der Waals surface area contributed by atoms with Crippen molar-refractivity contribution < 1.29 is 24.5 Å². The Kier molecular flexibility index (Phi) is 7.27. The molecule has 2 atom stereocenters. The molecule has 0 saturated carbocycles. The average Bonchev–Trinajstić information content (AvgIpc) is 3.18. The van der Waals surface area contributed by atoms with Crippen molar-refractivity contribution in [2.75, 3.05) is 19.8 Å². The van der Waals surface area contributed by atoms with E-state index >= 15 is 0 Å². The van der Waals surface area contributed by atoms with Gasteiger partial charge in [0.25, 0.3) is 0 Å². The molecule has 3 aromatic rings. The van der Waals surface area contributed by atoms with Crippen LogP contribution in [0.15, 0.2) is 72.8 Å². The molecule has 0 radical (unpaired) electrons. The Morgan fingerprint density at radius 2 is 1.55 bits per heavy atom. The van der Waals surface area contributed by atoms with Crippen molar-refractivity contribution in [2.24, 2.45) is 0 Å². The Balaban J connectivity index is 1.29. The standard InChI is InChI=1S/C27H29NO5/c1-2-15-32-19-13-11-18(12-14-19)26(30)25(29)16-28-27(31)33-17-24-22-9-5-3-7-20(22)21-8-4-6-10-23(21)24/h3-14,24-26,29-30H,2,15-17H2,1H3,(H,28,31). The largest absolute Gasteiger partial charge is 0.494 e. The first-order valence-electron chi connectivity index (χ1n) is 11.3. The minimum atomic E-state index is -1.17. The smallest absolute Gasteiger partial charge is 0.407 e. The lowest BCUT2D eigenvalue weighted by molar-refractivity contribution is 0.0185. The number of hydrogen-bond donors (Lipinski definition) is 3. The van der Waals surface area contributed by atoms with E-state index in [9.17, 15) is 15.0 Å². The van der Waals surface area contributed by atoms with Gasteiger partial charge in [-0.15, -0.1) is 0 Å². The van der Waals surface area contributed by atoms with Crippen LogP contribution in [0.5, 0.6) is 5.75 Å². The lowest BCUT2D eigenvalue weighted by atomic mass is 9.98. The lowest BCUT2D eigenvalue weighted by Gasteiger charge is -2.19. The van der Waals surface area contributed by atoms with Gasteiger partial charge in [0.1, 0.15) is 24.6 Å². The number of rotatable bonds is 9. The Bertz CT molecular complexity index is 1040. The Hall–Kier alpha value is -3.35. The summed E-state index contributed by atoms with van der Waals surface area (Å²) in [5.74, 6) is 0.672. The Morgan fingerprint density at radius 3 is 2.15 bits per heavy atom. The zero-order chi connectivity index (χ0) is 23.2. The number of benzene rings is 3. The van der Waals surface area contributed by atoms with Gasteiger partial charge in [-0.1, -0.05) is 67.6 Å². The molecular formula is C27H29NO5. The average molecular weight is 448 g/mol. The molecule has 6 nitrogen and oxygen atoms in total. The van der Waals surface area contributed by atoms with Gasteiger partial charge in [-0.05, 0) is 46.4 Å². The molecule has 3 N–H and O–H groups in total. The first kappa shape index (κ1) is 22.8. The van der Waals surface area contributed by atoms with E-state index in [0.29, 0.717) is 17.9 Å². The third-order valence-electron chi connectivity index (χ3n) is 5.86. The highest BCUT2D eigenvalue weighted by Gasteiger charge is 2.29. The molecule has 1 amide bonds. The topological polar surface area (TPSA) is 88.0 Å². The molecule has 33 heavy (non-hydrogen) atoms. The van der Waals surface area contributed by atoms with Crippen LogP contribution in [0.3, 0.4) is 0 Å². The monoisotopic (exact) mass is 447 g/mol. The summed E-state index contributed by atoms with van der Waals surface area (Å²) in [5.41, 5.74) is 5.13. The zero-order valence-electron chi connectivity index (χ0n) is 18.6. The highest BCUT2D eigenvalue weighted by Crippen LogP contribution is 2.44. The summed E-state index contributed by atoms with van der Waals surface area (Å²) >= 11 is 0. The molecule has 1 aliphatic carbocycles. The molecule has 3 aromatic carbocycles. The first-order valence-corrected chi connectivity index (χ1v) is 11.3. The number of hydrogen-bond acceptors (Lipinski definition) is 5. The van der Waals surface area contributed by atoms with Crippen molar-refractivity contribution in [3.8, 4) is 16.9 Å². The molecule has 0 aromatic heterocycles. The summed E-state index contributed by atoms with van der Waals surface area (Å²) in [5, 5.41) is 23.3. The number of fused-ring (bicyclic) bond motifs is 3. The van der Waals surface area contributed by atoms with Crippen molar-refractivity contribution in [3.05, 3.63) is 89.5 Å². The second-order valence-corrected chi connectivity index (χ2v) is 8.14. The van der Waals surface area contributed by atoms with Crippen LogP contribution >= 0.6 is 0 Å². The predicted octanol–water partition coefficient (Wildman–Crippen LogP) is 4.41. The van der Waals surface area contributed by atoms with Crippen LogP contribution in [-0.4, -0.2) is 42.2 Å². The van der Waals surface area contributed by atoms with Crippen LogP contribution in [0, 0.1) is 0 Å². The summed E-state index contributed by atoms with van der Waals surface area (Å²) in [6, 6.07) is 23.1. The van der Waals surface area contributed by atoms with Crippen LogP contribution < -0.4 is 10.1 Å². The van der Waals surface area contributed by atoms with Crippen LogP contribution in [0.25, 0.3) is 11.1 Å². The predicted molar refractivity (Wildman–Crippen MR) is 126 cm³/mol. The van der Waals surface area contributed by atoms with E-state index in [-0.39, 0.29) is 19.1 Å². The van der Waals surface area contributed by atoms with E-state index in [4.69, 9.17) is 9.47 Å². The summed E-state index contributed by atoms with van der Waals surface area (Å²) in [4.78, 5) is 12.3. The quantitative estimate of drug-likeness (QED) is 0.452. The molecule has 1 aliphatic rings. The van der Waals surface area contributed by atoms with E-state index in [1.165, 1.54) is 0 Å². The second kappa shape index (κ2) is 10.5. The number of aliphatic hydroxyl groups excluding tert-OH is 2. The third-order valence-corrected chi connectivity index (χ3v) is 5.86. The molecular weight excluding hydrogens is 418 g/mol. The van der Waals surface area contributed by atoms with Gasteiger partial charge >= 0.3 is 6.09 Å². The van der Waals surface area contributed by atoms with E-state index in [2.05, 4.69) is 29.6 Å². The van der Waals surface area contributed by atoms with Gasteiger partial charge in [0, 0.05) is 12.5 Å². The minimum Gasteiger partial charge on any atom is -0.494 e. The van der Waals surface area contributed by atoms with E-state index in [1.807, 2.05) is 31.2 Å². The summed E-state index contributed by atoms with van der Waals surface area (Å²) in [7, 11) is 0. The maximum absolute atomic E-state index is 12.3. The molecule has 0 heterocycles. The van der Waals surface area contributed by atoms with Crippen molar-refractivity contribution in [1.29, 1.82) is 0 Å². The number of aliphatic hydroxyl groups is 2.